The molecule has 0 aromatic carbocycles. The van der Waals surface area contributed by atoms with Gasteiger partial charge in [0.1, 0.15) is 5.82 Å². The van der Waals surface area contributed by atoms with Gasteiger partial charge in [0.15, 0.2) is 0 Å². The summed E-state index contributed by atoms with van der Waals surface area (Å²) in [5.41, 5.74) is -0.0727. The molecule has 5 heteroatoms. The molecule has 1 aliphatic heterocycles. The van der Waals surface area contributed by atoms with Gasteiger partial charge in [-0.15, -0.1) is 0 Å². The molecular formula is C11H17N3OS. The van der Waals surface area contributed by atoms with Gasteiger partial charge in [0.2, 0.25) is 0 Å². The molecule has 1 atom stereocenters. The first-order valence-electron chi connectivity index (χ1n) is 5.45. The summed E-state index contributed by atoms with van der Waals surface area (Å²) in [6.07, 6.45) is 4.25. The van der Waals surface area contributed by atoms with Crippen molar-refractivity contribution in [3.8, 4) is 0 Å². The molecule has 88 valence electrons. The molecule has 16 heavy (non-hydrogen) atoms. The molecule has 1 aromatic heterocycles. The molecule has 2 heterocycles. The second kappa shape index (κ2) is 3.80. The first-order valence-corrected chi connectivity index (χ1v) is 7.13. The fraction of sp³-hybridized carbons (Fsp3) is 0.636. The van der Waals surface area contributed by atoms with Gasteiger partial charge in [-0.2, -0.15) is 0 Å². The van der Waals surface area contributed by atoms with Crippen molar-refractivity contribution >= 4 is 9.73 Å². The molecule has 1 aliphatic rings. The smallest absolute Gasteiger partial charge is 0.133 e. The van der Waals surface area contributed by atoms with Gasteiger partial charge < -0.3 is 0 Å². The fourth-order valence-electron chi connectivity index (χ4n) is 1.60. The predicted molar refractivity (Wildman–Crippen MR) is 63.9 cm³/mol. The zero-order valence-corrected chi connectivity index (χ0v) is 10.8. The maximum atomic E-state index is 12.3. The number of hydrogen-bond donors (Lipinski definition) is 0. The highest BCUT2D eigenvalue weighted by molar-refractivity contribution is 7.93. The van der Waals surface area contributed by atoms with Gasteiger partial charge in [-0.25, -0.2) is 18.5 Å². The lowest BCUT2D eigenvalue weighted by molar-refractivity contribution is 0.542. The van der Waals surface area contributed by atoms with Crippen LogP contribution in [-0.4, -0.2) is 26.5 Å². The third kappa shape index (κ3) is 2.09. The molecule has 0 fully saturated rings. The summed E-state index contributed by atoms with van der Waals surface area (Å²) in [5, 5.41) is 0. The molecule has 0 bridgehead atoms. The maximum absolute atomic E-state index is 12.3. The zero-order valence-electron chi connectivity index (χ0n) is 9.93. The third-order valence-corrected chi connectivity index (χ3v) is 4.94. The van der Waals surface area contributed by atoms with Crippen LogP contribution in [0.4, 0.5) is 0 Å². The first kappa shape index (κ1) is 11.5. The Labute approximate surface area is 96.7 Å². The van der Waals surface area contributed by atoms with Crippen LogP contribution in [0, 0.1) is 0 Å². The first-order chi connectivity index (χ1) is 7.42. The molecule has 0 unspecified atom stereocenters. The van der Waals surface area contributed by atoms with Crippen LogP contribution in [0.2, 0.25) is 0 Å². The maximum Gasteiger partial charge on any atom is 0.133 e. The average molecular weight is 239 g/mol. The van der Waals surface area contributed by atoms with Crippen LogP contribution in [0.3, 0.4) is 0 Å². The van der Waals surface area contributed by atoms with E-state index in [1.54, 1.807) is 12.4 Å². The van der Waals surface area contributed by atoms with Gasteiger partial charge in [-0.1, -0.05) is 20.8 Å². The lowest BCUT2D eigenvalue weighted by atomic mass is 9.96. The van der Waals surface area contributed by atoms with Crippen LogP contribution in [0.25, 0.3) is 0 Å². The summed E-state index contributed by atoms with van der Waals surface area (Å²) in [4.78, 5) is 9.26. The van der Waals surface area contributed by atoms with E-state index in [1.807, 2.05) is 0 Å². The van der Waals surface area contributed by atoms with E-state index in [4.69, 9.17) is 0 Å². The van der Waals surface area contributed by atoms with E-state index >= 15 is 0 Å². The van der Waals surface area contributed by atoms with E-state index in [0.29, 0.717) is 17.2 Å². The van der Waals surface area contributed by atoms with Crippen molar-refractivity contribution in [2.75, 3.05) is 12.3 Å². The summed E-state index contributed by atoms with van der Waals surface area (Å²) in [6.45, 7) is 6.87. The van der Waals surface area contributed by atoms with Crippen molar-refractivity contribution in [3.63, 3.8) is 0 Å². The topological polar surface area (TPSA) is 55.2 Å². The summed E-state index contributed by atoms with van der Waals surface area (Å²) < 4.78 is 16.5. The molecular weight excluding hydrogens is 222 g/mol. The second-order valence-electron chi connectivity index (χ2n) is 5.04. The van der Waals surface area contributed by atoms with E-state index in [-0.39, 0.29) is 5.41 Å². The number of nitrogens with zero attached hydrogens (tertiary/aromatic N) is 3. The van der Waals surface area contributed by atoms with Crippen LogP contribution >= 0.6 is 0 Å². The highest BCUT2D eigenvalue weighted by Crippen LogP contribution is 2.21. The van der Waals surface area contributed by atoms with Gasteiger partial charge in [0.25, 0.3) is 0 Å². The van der Waals surface area contributed by atoms with Crippen molar-refractivity contribution in [1.82, 2.24) is 9.97 Å². The van der Waals surface area contributed by atoms with E-state index in [2.05, 4.69) is 35.1 Å². The number of hydrogen-bond acceptors (Lipinski definition) is 4. The van der Waals surface area contributed by atoms with Gasteiger partial charge in [0, 0.05) is 30.1 Å². The Balaban J connectivity index is 2.37. The standard InChI is InChI=1S/C11H17N3OS/c1-11(2,3)10-12-7-9(8-13-10)16(15)6-4-5-14-16/h7-8H,4-6H2,1-3H3/t16-/m0/s1. The van der Waals surface area contributed by atoms with Crippen molar-refractivity contribution in [3.05, 3.63) is 18.2 Å². The third-order valence-electron chi connectivity index (χ3n) is 2.55. The van der Waals surface area contributed by atoms with Gasteiger partial charge in [-0.05, 0) is 6.42 Å². The normalized spacial score (nSPS) is 25.4. The summed E-state index contributed by atoms with van der Waals surface area (Å²) in [5.74, 6) is 1.42. The van der Waals surface area contributed by atoms with Gasteiger partial charge >= 0.3 is 0 Å². The Morgan fingerprint density at radius 2 is 1.88 bits per heavy atom. The highest BCUT2D eigenvalue weighted by Gasteiger charge is 2.21. The van der Waals surface area contributed by atoms with E-state index in [9.17, 15) is 4.21 Å². The lowest BCUT2D eigenvalue weighted by Gasteiger charge is -2.16. The number of rotatable bonds is 1. The molecule has 0 spiro atoms. The minimum atomic E-state index is -2.19. The lowest BCUT2D eigenvalue weighted by Crippen LogP contribution is -2.16. The minimum Gasteiger partial charge on any atom is -0.245 e. The van der Waals surface area contributed by atoms with Crippen molar-refractivity contribution in [2.24, 2.45) is 4.36 Å². The van der Waals surface area contributed by atoms with Crippen LogP contribution in [0.5, 0.6) is 0 Å². The van der Waals surface area contributed by atoms with Gasteiger partial charge in [-0.3, -0.25) is 0 Å². The molecule has 0 saturated heterocycles. The molecule has 0 N–H and O–H groups in total. The Bertz CT molecular complexity index is 493. The van der Waals surface area contributed by atoms with Gasteiger partial charge in [0.05, 0.1) is 14.6 Å². The largest absolute Gasteiger partial charge is 0.245 e. The zero-order chi connectivity index (χ0) is 11.8. The van der Waals surface area contributed by atoms with Crippen LogP contribution in [0.15, 0.2) is 21.7 Å². The van der Waals surface area contributed by atoms with E-state index in [0.717, 1.165) is 12.2 Å². The summed E-state index contributed by atoms with van der Waals surface area (Å²) >= 11 is 0. The highest BCUT2D eigenvalue weighted by atomic mass is 32.2. The predicted octanol–water partition coefficient (Wildman–Crippen LogP) is 2.00. The molecule has 4 nitrogen and oxygen atoms in total. The summed E-state index contributed by atoms with van der Waals surface area (Å²) in [6, 6.07) is 0. The molecule has 1 aromatic rings. The molecule has 2 rings (SSSR count). The Morgan fingerprint density at radius 1 is 1.25 bits per heavy atom. The molecule has 0 saturated carbocycles. The van der Waals surface area contributed by atoms with Crippen LogP contribution in [0.1, 0.15) is 33.0 Å². The fourth-order valence-corrected chi connectivity index (χ4v) is 3.49. The minimum absolute atomic E-state index is 0.0727. The van der Waals surface area contributed by atoms with Crippen molar-refractivity contribution < 1.29 is 4.21 Å². The van der Waals surface area contributed by atoms with Crippen molar-refractivity contribution in [1.29, 1.82) is 0 Å². The SMILES string of the molecule is CC(C)(C)c1ncc([S@]2(=O)=NCCC2)cn1. The van der Waals surface area contributed by atoms with Crippen LogP contribution < -0.4 is 0 Å². The monoisotopic (exact) mass is 239 g/mol. The molecule has 0 aliphatic carbocycles. The molecule has 0 amide bonds. The molecule has 0 radical (unpaired) electrons. The van der Waals surface area contributed by atoms with E-state index < -0.39 is 9.73 Å². The average Bonchev–Trinajstić information content (AvgIpc) is 2.66. The Kier molecular flexibility index (Phi) is 2.74. The number of aromatic nitrogens is 2. The van der Waals surface area contributed by atoms with E-state index in [1.165, 1.54) is 0 Å². The van der Waals surface area contributed by atoms with Crippen LogP contribution in [-0.2, 0) is 15.1 Å². The second-order valence-corrected chi connectivity index (χ2v) is 7.46. The summed E-state index contributed by atoms with van der Waals surface area (Å²) in [7, 11) is -2.19. The van der Waals surface area contributed by atoms with Crippen molar-refractivity contribution in [2.45, 2.75) is 37.5 Å². The Morgan fingerprint density at radius 3 is 2.31 bits per heavy atom. The Hall–Kier alpha value is -0.970. The quantitative estimate of drug-likeness (QED) is 0.753.